The maximum absolute atomic E-state index is 10.4. The van der Waals surface area contributed by atoms with Crippen molar-refractivity contribution >= 4 is 60.8 Å². The largest absolute Gasteiger partial charge is 2.00 e. The van der Waals surface area contributed by atoms with E-state index in [0.29, 0.717) is 0 Å². The Labute approximate surface area is 202 Å². The van der Waals surface area contributed by atoms with Crippen LogP contribution in [0.15, 0.2) is 48.5 Å². The predicted octanol–water partition coefficient (Wildman–Crippen LogP) is 2.40. The molecule has 2 aromatic rings. The molecule has 0 radical (unpaired) electrons. The SMILES string of the molecule is CCCCc1ccc(C(=O)[O-])cc1.CCCCc1ccc(C(=O)[O-])cc1.[Ba+2]. The molecule has 0 spiro atoms. The Morgan fingerprint density at radius 2 is 0.963 bits per heavy atom. The number of carboxylic acid groups (broad SMARTS) is 2. The van der Waals surface area contributed by atoms with Crippen molar-refractivity contribution in [2.75, 3.05) is 0 Å². The van der Waals surface area contributed by atoms with Crippen LogP contribution in [0.1, 0.15) is 71.4 Å². The molecule has 0 saturated heterocycles. The average molecular weight is 492 g/mol. The molecule has 0 amide bonds. The number of carbonyl (C=O) groups excluding carboxylic acids is 2. The zero-order valence-electron chi connectivity index (χ0n) is 16.2. The van der Waals surface area contributed by atoms with Crippen LogP contribution in [0.4, 0.5) is 0 Å². The van der Waals surface area contributed by atoms with Crippen LogP contribution < -0.4 is 10.2 Å². The minimum absolute atomic E-state index is 0. The molecule has 2 rings (SSSR count). The summed E-state index contributed by atoms with van der Waals surface area (Å²) in [7, 11) is 0. The van der Waals surface area contributed by atoms with Crippen molar-refractivity contribution in [3.63, 3.8) is 0 Å². The molecule has 0 saturated carbocycles. The number of benzene rings is 2. The van der Waals surface area contributed by atoms with Crippen LogP contribution >= 0.6 is 0 Å². The number of aryl methyl sites for hydroxylation is 2. The minimum Gasteiger partial charge on any atom is -0.545 e. The monoisotopic (exact) mass is 492 g/mol. The van der Waals surface area contributed by atoms with Crippen molar-refractivity contribution in [1.29, 1.82) is 0 Å². The topological polar surface area (TPSA) is 80.3 Å². The first-order valence-electron chi connectivity index (χ1n) is 9.08. The van der Waals surface area contributed by atoms with Gasteiger partial charge in [-0.05, 0) is 47.9 Å². The molecule has 27 heavy (non-hydrogen) atoms. The zero-order valence-corrected chi connectivity index (χ0v) is 20.6. The maximum atomic E-state index is 10.4. The first-order valence-corrected chi connectivity index (χ1v) is 9.08. The van der Waals surface area contributed by atoms with Gasteiger partial charge in [-0.3, -0.25) is 0 Å². The molecule has 0 aliphatic rings. The molecule has 4 nitrogen and oxygen atoms in total. The first kappa shape index (κ1) is 26.0. The Morgan fingerprint density at radius 1 is 0.667 bits per heavy atom. The van der Waals surface area contributed by atoms with Gasteiger partial charge in [0.2, 0.25) is 0 Å². The van der Waals surface area contributed by atoms with Crippen LogP contribution in [-0.2, 0) is 12.8 Å². The van der Waals surface area contributed by atoms with Gasteiger partial charge in [0, 0.05) is 0 Å². The third kappa shape index (κ3) is 10.8. The van der Waals surface area contributed by atoms with Crippen molar-refractivity contribution in [3.05, 3.63) is 70.8 Å². The second-order valence-electron chi connectivity index (χ2n) is 6.18. The smallest absolute Gasteiger partial charge is 0.545 e. The number of carbonyl (C=O) groups is 2. The number of carboxylic acids is 2. The molecule has 0 aliphatic carbocycles. The molecule has 0 unspecified atom stereocenters. The number of rotatable bonds is 8. The van der Waals surface area contributed by atoms with Gasteiger partial charge in [-0.2, -0.15) is 0 Å². The molecule has 5 heteroatoms. The number of hydrogen-bond acceptors (Lipinski definition) is 4. The fraction of sp³-hybridized carbons (Fsp3) is 0.364. The van der Waals surface area contributed by atoms with E-state index in [9.17, 15) is 19.8 Å². The summed E-state index contributed by atoms with van der Waals surface area (Å²) < 4.78 is 0. The van der Waals surface area contributed by atoms with Gasteiger partial charge in [0.05, 0.1) is 11.9 Å². The maximum Gasteiger partial charge on any atom is 2.00 e. The third-order valence-corrected chi connectivity index (χ3v) is 4.02. The molecule has 140 valence electrons. The van der Waals surface area contributed by atoms with E-state index in [-0.39, 0.29) is 60.0 Å². The normalized spacial score (nSPS) is 9.56. The Kier molecular flexibility index (Phi) is 14.4. The van der Waals surface area contributed by atoms with E-state index < -0.39 is 11.9 Å². The fourth-order valence-corrected chi connectivity index (χ4v) is 2.38. The Bertz CT molecular complexity index is 617. The van der Waals surface area contributed by atoms with Crippen LogP contribution in [0.3, 0.4) is 0 Å². The van der Waals surface area contributed by atoms with Crippen molar-refractivity contribution in [2.24, 2.45) is 0 Å². The van der Waals surface area contributed by atoms with E-state index in [1.807, 2.05) is 24.3 Å². The molecule has 0 heterocycles. The van der Waals surface area contributed by atoms with E-state index in [2.05, 4.69) is 13.8 Å². The fourth-order valence-electron chi connectivity index (χ4n) is 2.38. The Balaban J connectivity index is 0.000000483. The Morgan fingerprint density at radius 3 is 1.19 bits per heavy atom. The van der Waals surface area contributed by atoms with Gasteiger partial charge in [-0.15, -0.1) is 0 Å². The Hall–Kier alpha value is -1.05. The molecule has 0 atom stereocenters. The van der Waals surface area contributed by atoms with Crippen molar-refractivity contribution in [1.82, 2.24) is 0 Å². The number of hydrogen-bond donors (Lipinski definition) is 0. The van der Waals surface area contributed by atoms with Crippen LogP contribution in [0.2, 0.25) is 0 Å². The van der Waals surface area contributed by atoms with Crippen LogP contribution in [0, 0.1) is 0 Å². The van der Waals surface area contributed by atoms with E-state index in [1.54, 1.807) is 24.3 Å². The van der Waals surface area contributed by atoms with E-state index in [4.69, 9.17) is 0 Å². The second kappa shape index (κ2) is 14.9. The summed E-state index contributed by atoms with van der Waals surface area (Å²) in [5.41, 5.74) is 2.87. The van der Waals surface area contributed by atoms with Crippen molar-refractivity contribution in [3.8, 4) is 0 Å². The van der Waals surface area contributed by atoms with Crippen LogP contribution in [0.25, 0.3) is 0 Å². The van der Waals surface area contributed by atoms with Crippen molar-refractivity contribution in [2.45, 2.75) is 52.4 Å². The van der Waals surface area contributed by atoms with Gasteiger partial charge in [0.1, 0.15) is 0 Å². The second-order valence-corrected chi connectivity index (χ2v) is 6.18. The molecule has 2 aromatic carbocycles. The van der Waals surface area contributed by atoms with Gasteiger partial charge in [-0.1, -0.05) is 75.2 Å². The first-order chi connectivity index (χ1) is 12.5. The molecule has 0 N–H and O–H groups in total. The van der Waals surface area contributed by atoms with Crippen LogP contribution in [0.5, 0.6) is 0 Å². The summed E-state index contributed by atoms with van der Waals surface area (Å²) in [5, 5.41) is 20.8. The van der Waals surface area contributed by atoms with Crippen LogP contribution in [-0.4, -0.2) is 60.8 Å². The van der Waals surface area contributed by atoms with Gasteiger partial charge >= 0.3 is 48.9 Å². The molecule has 0 fully saturated rings. The van der Waals surface area contributed by atoms with Gasteiger partial charge in [0.25, 0.3) is 0 Å². The van der Waals surface area contributed by atoms with E-state index in [1.165, 1.54) is 11.1 Å². The molecular formula is C22H26BaO4. The standard InChI is InChI=1S/2C11H14O2.Ba/c2*1-2-3-4-9-5-7-10(8-6-9)11(12)13;/h2*5-8H,2-4H2,1H3,(H,12,13);/q;;+2/p-2. The summed E-state index contributed by atoms with van der Waals surface area (Å²) in [6, 6.07) is 13.8. The van der Waals surface area contributed by atoms with Gasteiger partial charge in [-0.25, -0.2) is 0 Å². The molecule has 0 bridgehead atoms. The van der Waals surface area contributed by atoms with Gasteiger partial charge < -0.3 is 19.8 Å². The number of aromatic carboxylic acids is 2. The third-order valence-electron chi connectivity index (χ3n) is 4.02. The van der Waals surface area contributed by atoms with E-state index >= 15 is 0 Å². The summed E-state index contributed by atoms with van der Waals surface area (Å²) in [6.07, 6.45) is 6.63. The predicted molar refractivity (Wildman–Crippen MR) is 105 cm³/mol. The summed E-state index contributed by atoms with van der Waals surface area (Å²) in [5.74, 6) is -2.22. The minimum atomic E-state index is -1.11. The molecular weight excluding hydrogens is 466 g/mol. The molecule has 0 aliphatic heterocycles. The molecule has 0 aromatic heterocycles. The van der Waals surface area contributed by atoms with Gasteiger partial charge in [0.15, 0.2) is 0 Å². The summed E-state index contributed by atoms with van der Waals surface area (Å²) >= 11 is 0. The quantitative estimate of drug-likeness (QED) is 0.531. The summed E-state index contributed by atoms with van der Waals surface area (Å²) in [4.78, 5) is 20.8. The van der Waals surface area contributed by atoms with E-state index in [0.717, 1.165) is 38.5 Å². The van der Waals surface area contributed by atoms with Crippen molar-refractivity contribution < 1.29 is 19.8 Å². The zero-order chi connectivity index (χ0) is 19.4. The number of unbranched alkanes of at least 4 members (excludes halogenated alkanes) is 2. The average Bonchev–Trinajstić information content (AvgIpc) is 2.66. The summed E-state index contributed by atoms with van der Waals surface area (Å²) in [6.45, 7) is 4.27.